The summed E-state index contributed by atoms with van der Waals surface area (Å²) in [6.07, 6.45) is 6.14. The lowest BCUT2D eigenvalue weighted by atomic mass is 10.00. The second-order valence-electron chi connectivity index (χ2n) is 7.45. The Morgan fingerprint density at radius 2 is 2.04 bits per heavy atom. The van der Waals surface area contributed by atoms with Crippen LogP contribution in [-0.4, -0.2) is 74.1 Å². The number of likely N-dealkylation sites (N-methyl/N-ethyl adjacent to an activating group) is 2. The molecule has 3 rings (SSSR count). The molecule has 0 unspecified atom stereocenters. The number of nitrogens with zero attached hydrogens (tertiary/aromatic N) is 4. The lowest BCUT2D eigenvalue weighted by molar-refractivity contribution is 0.0685. The summed E-state index contributed by atoms with van der Waals surface area (Å²) in [7, 11) is 6.22. The molecule has 148 valence electrons. The Bertz CT molecular complexity index is 680. The molecule has 7 heteroatoms. The van der Waals surface area contributed by atoms with Crippen molar-refractivity contribution in [2.75, 3.05) is 58.9 Å². The van der Waals surface area contributed by atoms with Crippen molar-refractivity contribution in [1.82, 2.24) is 25.4 Å². The standard InChI is InChI=1S/C20H32N6O/c1-21-8-9-25(2)15-18-13-23-24-20(18)17-4-5-19(22-12-17)26(3)14-16-6-10-27-11-7-16/h4-5,12-13,16,21H,6-11,14-15H2,1-3H3,(H,23,24). The first kappa shape index (κ1) is 19.8. The number of nitrogens with one attached hydrogen (secondary N) is 2. The number of ether oxygens (including phenoxy) is 1. The molecule has 7 nitrogen and oxygen atoms in total. The van der Waals surface area contributed by atoms with Gasteiger partial charge in [0.25, 0.3) is 0 Å². The number of anilines is 1. The van der Waals surface area contributed by atoms with Crippen molar-refractivity contribution in [2.45, 2.75) is 19.4 Å². The number of aromatic amines is 1. The molecule has 0 radical (unpaired) electrons. The summed E-state index contributed by atoms with van der Waals surface area (Å²) in [5.74, 6) is 1.70. The van der Waals surface area contributed by atoms with Crippen LogP contribution >= 0.6 is 0 Å². The van der Waals surface area contributed by atoms with E-state index >= 15 is 0 Å². The maximum atomic E-state index is 5.45. The molecule has 1 aliphatic rings. The Labute approximate surface area is 162 Å². The van der Waals surface area contributed by atoms with Crippen molar-refractivity contribution in [1.29, 1.82) is 0 Å². The molecule has 0 saturated carbocycles. The van der Waals surface area contributed by atoms with E-state index in [4.69, 9.17) is 9.72 Å². The van der Waals surface area contributed by atoms with Gasteiger partial charge >= 0.3 is 0 Å². The summed E-state index contributed by atoms with van der Waals surface area (Å²) in [5.41, 5.74) is 3.32. The third kappa shape index (κ3) is 5.51. The van der Waals surface area contributed by atoms with Gasteiger partial charge in [-0.2, -0.15) is 5.10 Å². The minimum Gasteiger partial charge on any atom is -0.381 e. The van der Waals surface area contributed by atoms with E-state index in [2.05, 4.69) is 51.5 Å². The van der Waals surface area contributed by atoms with Crippen molar-refractivity contribution in [3.8, 4) is 11.3 Å². The topological polar surface area (TPSA) is 69.3 Å². The average molecular weight is 373 g/mol. The summed E-state index contributed by atoms with van der Waals surface area (Å²) >= 11 is 0. The largest absolute Gasteiger partial charge is 0.381 e. The third-order valence-corrected chi connectivity index (χ3v) is 5.20. The van der Waals surface area contributed by atoms with Gasteiger partial charge in [-0.15, -0.1) is 0 Å². The number of aromatic nitrogens is 3. The van der Waals surface area contributed by atoms with Crippen LogP contribution in [0.25, 0.3) is 11.3 Å². The molecule has 2 aromatic rings. The predicted octanol–water partition coefficient (Wildman–Crippen LogP) is 1.99. The molecule has 1 saturated heterocycles. The molecule has 0 aliphatic carbocycles. The number of pyridine rings is 1. The molecule has 0 atom stereocenters. The van der Waals surface area contributed by atoms with Crippen LogP contribution in [-0.2, 0) is 11.3 Å². The first-order chi connectivity index (χ1) is 13.2. The number of H-pyrrole nitrogens is 1. The fraction of sp³-hybridized carbons (Fsp3) is 0.600. The highest BCUT2D eigenvalue weighted by molar-refractivity contribution is 5.63. The van der Waals surface area contributed by atoms with Gasteiger partial charge in [0.1, 0.15) is 5.82 Å². The Kier molecular flexibility index (Phi) is 7.20. The summed E-state index contributed by atoms with van der Waals surface area (Å²) < 4.78 is 5.45. The highest BCUT2D eigenvalue weighted by Crippen LogP contribution is 2.24. The van der Waals surface area contributed by atoms with Crippen LogP contribution in [0.1, 0.15) is 18.4 Å². The maximum Gasteiger partial charge on any atom is 0.128 e. The van der Waals surface area contributed by atoms with Gasteiger partial charge in [0.05, 0.1) is 11.9 Å². The van der Waals surface area contributed by atoms with Crippen molar-refractivity contribution in [2.24, 2.45) is 5.92 Å². The summed E-state index contributed by atoms with van der Waals surface area (Å²) in [6.45, 7) is 5.63. The summed E-state index contributed by atoms with van der Waals surface area (Å²) in [5, 5.41) is 10.6. The van der Waals surface area contributed by atoms with Crippen molar-refractivity contribution >= 4 is 5.82 Å². The minimum atomic E-state index is 0.692. The SMILES string of the molecule is CNCCN(C)Cc1cn[nH]c1-c1ccc(N(C)CC2CCOCC2)nc1. The molecular formula is C20H32N6O. The zero-order valence-corrected chi connectivity index (χ0v) is 16.7. The van der Waals surface area contributed by atoms with E-state index in [0.717, 1.165) is 69.3 Å². The van der Waals surface area contributed by atoms with Gasteiger partial charge in [0, 0.05) is 63.8 Å². The van der Waals surface area contributed by atoms with Crippen molar-refractivity contribution in [3.63, 3.8) is 0 Å². The van der Waals surface area contributed by atoms with E-state index in [1.54, 1.807) is 0 Å². The third-order valence-electron chi connectivity index (χ3n) is 5.20. The zero-order valence-electron chi connectivity index (χ0n) is 16.7. The quantitative estimate of drug-likeness (QED) is 0.702. The molecule has 0 amide bonds. The molecular weight excluding hydrogens is 340 g/mol. The predicted molar refractivity (Wildman–Crippen MR) is 109 cm³/mol. The van der Waals surface area contributed by atoms with Crippen LogP contribution in [0.4, 0.5) is 5.82 Å². The molecule has 27 heavy (non-hydrogen) atoms. The van der Waals surface area contributed by atoms with Crippen LogP contribution in [0.15, 0.2) is 24.5 Å². The van der Waals surface area contributed by atoms with E-state index in [-0.39, 0.29) is 0 Å². The van der Waals surface area contributed by atoms with Crippen LogP contribution in [0.3, 0.4) is 0 Å². The lowest BCUT2D eigenvalue weighted by Crippen LogP contribution is -2.30. The van der Waals surface area contributed by atoms with E-state index in [9.17, 15) is 0 Å². The number of hydrogen-bond donors (Lipinski definition) is 2. The second-order valence-corrected chi connectivity index (χ2v) is 7.45. The Balaban J connectivity index is 1.62. The van der Waals surface area contributed by atoms with Crippen LogP contribution < -0.4 is 10.2 Å². The molecule has 1 fully saturated rings. The molecule has 0 spiro atoms. The monoisotopic (exact) mass is 372 g/mol. The van der Waals surface area contributed by atoms with Crippen LogP contribution in [0.2, 0.25) is 0 Å². The van der Waals surface area contributed by atoms with Gasteiger partial charge in [0.15, 0.2) is 0 Å². The minimum absolute atomic E-state index is 0.692. The van der Waals surface area contributed by atoms with E-state index in [0.29, 0.717) is 5.92 Å². The van der Waals surface area contributed by atoms with E-state index in [1.165, 1.54) is 5.56 Å². The molecule has 2 N–H and O–H groups in total. The summed E-state index contributed by atoms with van der Waals surface area (Å²) in [6, 6.07) is 4.23. The van der Waals surface area contributed by atoms with Crippen molar-refractivity contribution in [3.05, 3.63) is 30.1 Å². The van der Waals surface area contributed by atoms with Crippen LogP contribution in [0.5, 0.6) is 0 Å². The van der Waals surface area contributed by atoms with Gasteiger partial charge in [0.2, 0.25) is 0 Å². The van der Waals surface area contributed by atoms with Gasteiger partial charge in [-0.05, 0) is 45.0 Å². The van der Waals surface area contributed by atoms with E-state index in [1.807, 2.05) is 19.4 Å². The van der Waals surface area contributed by atoms with Crippen LogP contribution in [0, 0.1) is 5.92 Å². The van der Waals surface area contributed by atoms with Crippen molar-refractivity contribution < 1.29 is 4.74 Å². The first-order valence-electron chi connectivity index (χ1n) is 9.78. The van der Waals surface area contributed by atoms with Gasteiger partial charge < -0.3 is 19.9 Å². The maximum absolute atomic E-state index is 5.45. The lowest BCUT2D eigenvalue weighted by Gasteiger charge is -2.27. The van der Waals surface area contributed by atoms with Gasteiger partial charge in [-0.1, -0.05) is 0 Å². The second kappa shape index (κ2) is 9.82. The highest BCUT2D eigenvalue weighted by atomic mass is 16.5. The fourth-order valence-corrected chi connectivity index (χ4v) is 3.52. The average Bonchev–Trinajstić information content (AvgIpc) is 3.15. The molecule has 2 aromatic heterocycles. The molecule has 0 aromatic carbocycles. The first-order valence-corrected chi connectivity index (χ1v) is 9.78. The normalized spacial score (nSPS) is 15.4. The smallest absolute Gasteiger partial charge is 0.128 e. The number of rotatable bonds is 9. The Hall–Kier alpha value is -1.96. The zero-order chi connectivity index (χ0) is 19.1. The Morgan fingerprint density at radius 3 is 2.74 bits per heavy atom. The summed E-state index contributed by atoms with van der Waals surface area (Å²) in [4.78, 5) is 9.23. The highest BCUT2D eigenvalue weighted by Gasteiger charge is 2.17. The molecule has 0 bridgehead atoms. The molecule has 1 aliphatic heterocycles. The molecule has 3 heterocycles. The van der Waals surface area contributed by atoms with E-state index < -0.39 is 0 Å². The number of hydrogen-bond acceptors (Lipinski definition) is 6. The van der Waals surface area contributed by atoms with Gasteiger partial charge in [-0.25, -0.2) is 4.98 Å². The van der Waals surface area contributed by atoms with Gasteiger partial charge in [-0.3, -0.25) is 5.10 Å². The Morgan fingerprint density at radius 1 is 1.22 bits per heavy atom. The fourth-order valence-electron chi connectivity index (χ4n) is 3.52.